The highest BCUT2D eigenvalue weighted by Crippen LogP contribution is 2.41. The first kappa shape index (κ1) is 44.4. The molecule has 0 bridgehead atoms. The lowest BCUT2D eigenvalue weighted by atomic mass is 9.88. The van der Waals surface area contributed by atoms with Gasteiger partial charge in [0.1, 0.15) is 29.1 Å². The molecule has 3 saturated heterocycles. The van der Waals surface area contributed by atoms with Gasteiger partial charge in [-0.3, -0.25) is 24.3 Å². The number of rotatable bonds is 14. The van der Waals surface area contributed by atoms with E-state index in [1.807, 2.05) is 25.3 Å². The van der Waals surface area contributed by atoms with E-state index in [1.54, 1.807) is 25.3 Å². The van der Waals surface area contributed by atoms with E-state index in [0.717, 1.165) is 101 Å². The third-order valence-corrected chi connectivity index (χ3v) is 14.3. The highest BCUT2D eigenvalue weighted by atomic mass is 19.1. The molecule has 17 heteroatoms. The molecule has 0 radical (unpaired) electrons. The summed E-state index contributed by atoms with van der Waals surface area (Å²) in [5.41, 5.74) is 3.21. The third-order valence-electron chi connectivity index (χ3n) is 14.3. The van der Waals surface area contributed by atoms with Crippen molar-refractivity contribution >= 4 is 46.5 Å². The van der Waals surface area contributed by atoms with Crippen LogP contribution in [-0.2, 0) is 9.59 Å². The number of ether oxygens (including phenoxy) is 1. The molecular weight excluding hydrogens is 828 g/mol. The first-order valence-electron chi connectivity index (χ1n) is 23.8. The molecule has 2 atom stereocenters. The number of anilines is 5. The van der Waals surface area contributed by atoms with Gasteiger partial charge < -0.3 is 35.4 Å². The van der Waals surface area contributed by atoms with Gasteiger partial charge in [-0.1, -0.05) is 26.2 Å². The Balaban J connectivity index is 0.745. The molecule has 1 aliphatic carbocycles. The zero-order valence-corrected chi connectivity index (χ0v) is 38.0. The third kappa shape index (κ3) is 9.89. The molecule has 1 saturated carbocycles. The van der Waals surface area contributed by atoms with Gasteiger partial charge in [-0.05, 0) is 119 Å². The SMILES string of the molecule is CC[C@H]1c2nnc(C)n2-c2cnc(Nc3ccc(C(=O)NC4CCN(CCC5CCN(c6ccc(NC7CCC(=O)NC7=O)cc6F)CC5)CC4)cc3OC)nc2N1CC1CCCCC1. The normalized spacial score (nSPS) is 21.1. The summed E-state index contributed by atoms with van der Waals surface area (Å²) in [6.07, 6.45) is 14.6. The van der Waals surface area contributed by atoms with Gasteiger partial charge in [-0.2, -0.15) is 4.98 Å². The Hall–Kier alpha value is -5.84. The number of fused-ring (bicyclic) bond motifs is 3. The second-order valence-electron chi connectivity index (χ2n) is 18.6. The predicted molar refractivity (Wildman–Crippen MR) is 248 cm³/mol. The fourth-order valence-corrected chi connectivity index (χ4v) is 10.6. The molecule has 4 aromatic rings. The van der Waals surface area contributed by atoms with Gasteiger partial charge in [0.05, 0.1) is 30.7 Å². The number of methoxy groups -OCH3 is 1. The van der Waals surface area contributed by atoms with Crippen molar-refractivity contribution in [2.24, 2.45) is 11.8 Å². The summed E-state index contributed by atoms with van der Waals surface area (Å²) in [5.74, 6) is 3.71. The minimum atomic E-state index is -0.549. The van der Waals surface area contributed by atoms with E-state index in [0.29, 0.717) is 52.6 Å². The standard InChI is InChI=1S/C48H63FN12O4/c1-4-39-45-57-56-30(2)61(45)41-28-50-48(55-44(41)60(39)29-32-8-6-5-7-9-32)53-37-12-10-33(26-42(37)65-3)46(63)52-34-19-22-58(23-20-34)21-16-31-17-24-59(25-18-31)40-14-11-35(27-36(40)49)51-38-13-15-43(62)54-47(38)64/h10-12,14,26-28,31-32,34,38-39,51H,4-9,13,15-25,29H2,1-3H3,(H,52,63)(H,50,53,55)(H,54,62,64)/t38?,39-/m0/s1. The summed E-state index contributed by atoms with van der Waals surface area (Å²) < 4.78 is 23.1. The molecule has 6 heterocycles. The monoisotopic (exact) mass is 891 g/mol. The highest BCUT2D eigenvalue weighted by molar-refractivity contribution is 6.01. The number of imide groups is 1. The largest absolute Gasteiger partial charge is 0.495 e. The van der Waals surface area contributed by atoms with Crippen molar-refractivity contribution in [3.05, 3.63) is 65.6 Å². The van der Waals surface area contributed by atoms with Crippen molar-refractivity contribution in [3.63, 3.8) is 0 Å². The Morgan fingerprint density at radius 1 is 0.923 bits per heavy atom. The van der Waals surface area contributed by atoms with Crippen LogP contribution < -0.4 is 35.8 Å². The molecule has 4 N–H and O–H groups in total. The summed E-state index contributed by atoms with van der Waals surface area (Å²) >= 11 is 0. The number of nitrogens with one attached hydrogen (secondary N) is 4. The van der Waals surface area contributed by atoms with Gasteiger partial charge in [-0.25, -0.2) is 9.37 Å². The minimum Gasteiger partial charge on any atom is -0.495 e. The van der Waals surface area contributed by atoms with Crippen LogP contribution in [0.15, 0.2) is 42.6 Å². The van der Waals surface area contributed by atoms with Crippen LogP contribution in [0.1, 0.15) is 118 Å². The molecule has 5 aliphatic rings. The zero-order valence-electron chi connectivity index (χ0n) is 38.0. The van der Waals surface area contributed by atoms with Crippen LogP contribution >= 0.6 is 0 Å². The van der Waals surface area contributed by atoms with Gasteiger partial charge >= 0.3 is 0 Å². The molecule has 4 aliphatic heterocycles. The van der Waals surface area contributed by atoms with Gasteiger partial charge in [0, 0.05) is 56.4 Å². The molecule has 3 amide bonds. The van der Waals surface area contributed by atoms with Crippen molar-refractivity contribution in [2.45, 2.75) is 115 Å². The summed E-state index contributed by atoms with van der Waals surface area (Å²) in [6.45, 7) is 9.54. The van der Waals surface area contributed by atoms with Crippen molar-refractivity contribution < 1.29 is 23.5 Å². The Morgan fingerprint density at radius 2 is 1.72 bits per heavy atom. The average Bonchev–Trinajstić information content (AvgIpc) is 3.71. The number of hydrogen-bond acceptors (Lipinski definition) is 13. The number of carbonyl (C=O) groups excluding carboxylic acids is 3. The number of piperidine rings is 3. The van der Waals surface area contributed by atoms with E-state index < -0.39 is 6.04 Å². The predicted octanol–water partition coefficient (Wildman–Crippen LogP) is 6.83. The molecular formula is C48H63FN12O4. The summed E-state index contributed by atoms with van der Waals surface area (Å²) in [4.78, 5) is 54.0. The smallest absolute Gasteiger partial charge is 0.251 e. The van der Waals surface area contributed by atoms with Crippen LogP contribution in [0.5, 0.6) is 5.75 Å². The van der Waals surface area contributed by atoms with E-state index in [1.165, 1.54) is 38.2 Å². The van der Waals surface area contributed by atoms with E-state index in [2.05, 4.69) is 57.7 Å². The number of likely N-dealkylation sites (tertiary alicyclic amines) is 1. The van der Waals surface area contributed by atoms with Crippen LogP contribution in [-0.4, -0.2) is 106 Å². The maximum absolute atomic E-state index is 15.2. The Kier molecular flexibility index (Phi) is 13.5. The quantitative estimate of drug-likeness (QED) is 0.0972. The van der Waals surface area contributed by atoms with Crippen molar-refractivity contribution in [3.8, 4) is 11.4 Å². The van der Waals surface area contributed by atoms with Crippen LogP contribution in [0.25, 0.3) is 5.69 Å². The molecule has 346 valence electrons. The lowest BCUT2D eigenvalue weighted by Crippen LogP contribution is -2.47. The van der Waals surface area contributed by atoms with Crippen molar-refractivity contribution in [1.82, 2.24) is 40.3 Å². The number of benzene rings is 2. The second-order valence-corrected chi connectivity index (χ2v) is 18.6. The van der Waals surface area contributed by atoms with E-state index >= 15 is 4.39 Å². The van der Waals surface area contributed by atoms with Crippen LogP contribution in [0, 0.1) is 24.6 Å². The number of hydrogen-bond donors (Lipinski definition) is 4. The van der Waals surface area contributed by atoms with Crippen LogP contribution in [0.3, 0.4) is 0 Å². The summed E-state index contributed by atoms with van der Waals surface area (Å²) in [6, 6.07) is 10.1. The highest BCUT2D eigenvalue weighted by Gasteiger charge is 2.36. The molecule has 2 aromatic heterocycles. The second kappa shape index (κ2) is 19.7. The van der Waals surface area contributed by atoms with Crippen LogP contribution in [0.2, 0.25) is 0 Å². The minimum absolute atomic E-state index is 0.0642. The van der Waals surface area contributed by atoms with Crippen LogP contribution in [0.4, 0.5) is 33.2 Å². The first-order chi connectivity index (χ1) is 31.6. The molecule has 16 nitrogen and oxygen atoms in total. The number of halogens is 1. The lowest BCUT2D eigenvalue weighted by molar-refractivity contribution is -0.133. The first-order valence-corrected chi connectivity index (χ1v) is 23.8. The van der Waals surface area contributed by atoms with E-state index in [-0.39, 0.29) is 42.0 Å². The van der Waals surface area contributed by atoms with E-state index in [4.69, 9.17) is 14.7 Å². The number of aryl methyl sites for hydroxylation is 1. The molecule has 9 rings (SSSR count). The number of aromatic nitrogens is 5. The maximum Gasteiger partial charge on any atom is 0.251 e. The fraction of sp³-hybridized carbons (Fsp3) is 0.562. The van der Waals surface area contributed by atoms with Crippen molar-refractivity contribution in [2.75, 3.05) is 66.8 Å². The fourth-order valence-electron chi connectivity index (χ4n) is 10.6. The number of carbonyl (C=O) groups is 3. The Bertz CT molecular complexity index is 2350. The average molecular weight is 891 g/mol. The summed E-state index contributed by atoms with van der Waals surface area (Å²) in [7, 11) is 1.61. The molecule has 2 aromatic carbocycles. The van der Waals surface area contributed by atoms with Gasteiger partial charge in [0.15, 0.2) is 11.6 Å². The topological polar surface area (TPSA) is 175 Å². The van der Waals surface area contributed by atoms with Gasteiger partial charge in [0.25, 0.3) is 5.91 Å². The van der Waals surface area contributed by atoms with Gasteiger partial charge in [0.2, 0.25) is 17.8 Å². The maximum atomic E-state index is 15.2. The Morgan fingerprint density at radius 3 is 2.46 bits per heavy atom. The number of amides is 3. The lowest BCUT2D eigenvalue weighted by Gasteiger charge is -2.39. The summed E-state index contributed by atoms with van der Waals surface area (Å²) in [5, 5.41) is 21.1. The molecule has 1 unspecified atom stereocenters. The molecule has 65 heavy (non-hydrogen) atoms. The number of nitrogens with zero attached hydrogens (tertiary/aromatic N) is 8. The zero-order chi connectivity index (χ0) is 45.0. The Labute approximate surface area is 380 Å². The van der Waals surface area contributed by atoms with E-state index in [9.17, 15) is 14.4 Å². The van der Waals surface area contributed by atoms with Gasteiger partial charge in [-0.15, -0.1) is 10.2 Å². The molecule has 4 fully saturated rings. The van der Waals surface area contributed by atoms with Crippen molar-refractivity contribution in [1.29, 1.82) is 0 Å². The molecule has 0 spiro atoms.